The summed E-state index contributed by atoms with van der Waals surface area (Å²) in [6.07, 6.45) is 9.68. The molecule has 192 valence electrons. The fraction of sp³-hybridized carbons (Fsp3) is 0.222. The second-order valence-corrected chi connectivity index (χ2v) is 12.0. The molecule has 1 N–H and O–H groups in total. The predicted molar refractivity (Wildman–Crippen MR) is 150 cm³/mol. The molecule has 2 aromatic heterocycles. The van der Waals surface area contributed by atoms with E-state index < -0.39 is 15.9 Å². The van der Waals surface area contributed by atoms with E-state index in [4.69, 9.17) is 0 Å². The van der Waals surface area contributed by atoms with Crippen LogP contribution in [0.15, 0.2) is 88.7 Å². The summed E-state index contributed by atoms with van der Waals surface area (Å²) in [6.45, 7) is 10.0. The number of anilines is 1. The van der Waals surface area contributed by atoms with Gasteiger partial charge in [0.15, 0.2) is 5.49 Å². The van der Waals surface area contributed by atoms with Crippen LogP contribution in [0.2, 0.25) is 0 Å². The molecule has 0 saturated carbocycles. The molecule has 0 bridgehead atoms. The van der Waals surface area contributed by atoms with E-state index >= 15 is 0 Å². The normalized spacial score (nSPS) is 15.9. The summed E-state index contributed by atoms with van der Waals surface area (Å²) in [7, 11) is -3.92. The maximum Gasteiger partial charge on any atom is 0.265 e. The number of aromatic nitrogens is 3. The first-order chi connectivity index (χ1) is 17.6. The highest BCUT2D eigenvalue weighted by atomic mass is 79.9. The average Bonchev–Trinajstić information content (AvgIpc) is 3.48. The van der Waals surface area contributed by atoms with Gasteiger partial charge in [-0.3, -0.25) is 14.5 Å². The molecule has 3 aromatic rings. The van der Waals surface area contributed by atoms with Gasteiger partial charge >= 0.3 is 0 Å². The van der Waals surface area contributed by atoms with Crippen molar-refractivity contribution in [1.82, 2.24) is 13.8 Å². The van der Waals surface area contributed by atoms with E-state index in [1.165, 1.54) is 19.3 Å². The summed E-state index contributed by atoms with van der Waals surface area (Å²) in [4.78, 5) is 17.6. The lowest BCUT2D eigenvalue weighted by atomic mass is 10.1. The number of carbonyl (C=O) groups excluding carboxylic acids is 1. The minimum absolute atomic E-state index is 0.0828. The Bertz CT molecular complexity index is 1650. The summed E-state index contributed by atoms with van der Waals surface area (Å²) in [5.41, 5.74) is 3.79. The number of hydrogen-bond acceptors (Lipinski definition) is 5. The minimum Gasteiger partial charge on any atom is -0.320 e. The Morgan fingerprint density at radius 3 is 2.62 bits per heavy atom. The lowest BCUT2D eigenvalue weighted by Gasteiger charge is -2.08. The largest absolute Gasteiger partial charge is 0.320 e. The zero-order valence-electron chi connectivity index (χ0n) is 20.8. The van der Waals surface area contributed by atoms with Crippen LogP contribution in [0.5, 0.6) is 0 Å². The second-order valence-electron chi connectivity index (χ2n) is 8.88. The van der Waals surface area contributed by atoms with Crippen molar-refractivity contribution in [3.8, 4) is 0 Å². The summed E-state index contributed by atoms with van der Waals surface area (Å²) >= 11 is 3.52. The van der Waals surface area contributed by atoms with Crippen LogP contribution in [-0.2, 0) is 16.6 Å². The van der Waals surface area contributed by atoms with E-state index in [0.717, 1.165) is 20.7 Å². The summed E-state index contributed by atoms with van der Waals surface area (Å²) in [5, 5.41) is 7.68. The molecular weight excluding hydrogens is 554 g/mol. The van der Waals surface area contributed by atoms with Crippen LogP contribution in [0.1, 0.15) is 36.7 Å². The maximum absolute atomic E-state index is 13.4. The van der Waals surface area contributed by atoms with Crippen molar-refractivity contribution in [3.63, 3.8) is 0 Å². The molecule has 3 heterocycles. The number of carbonyl (C=O) groups is 1. The summed E-state index contributed by atoms with van der Waals surface area (Å²) in [5.74, 6) is -0.394. The molecular formula is C27H28BrN5O3S. The molecule has 4 rings (SSSR count). The van der Waals surface area contributed by atoms with Crippen LogP contribution in [-0.4, -0.2) is 39.4 Å². The van der Waals surface area contributed by atoms with Gasteiger partial charge in [-0.1, -0.05) is 70.6 Å². The van der Waals surface area contributed by atoms with Crippen molar-refractivity contribution in [2.75, 3.05) is 11.9 Å². The van der Waals surface area contributed by atoms with Gasteiger partial charge in [0.05, 0.1) is 40.3 Å². The van der Waals surface area contributed by atoms with E-state index in [0.29, 0.717) is 29.6 Å². The summed E-state index contributed by atoms with van der Waals surface area (Å²) < 4.78 is 29.7. The van der Waals surface area contributed by atoms with Crippen molar-refractivity contribution in [1.29, 1.82) is 0 Å². The predicted octanol–water partition coefficient (Wildman–Crippen LogP) is 3.77. The van der Waals surface area contributed by atoms with E-state index in [1.54, 1.807) is 23.0 Å². The van der Waals surface area contributed by atoms with Crippen molar-refractivity contribution in [3.05, 3.63) is 106 Å². The monoisotopic (exact) mass is 581 g/mol. The molecule has 37 heavy (non-hydrogen) atoms. The number of amides is 1. The van der Waals surface area contributed by atoms with Crippen LogP contribution in [0.3, 0.4) is 0 Å². The Labute approximate surface area is 224 Å². The molecule has 10 heteroatoms. The van der Waals surface area contributed by atoms with Crippen LogP contribution >= 0.6 is 15.9 Å². The Hall–Kier alpha value is -3.50. The third-order valence-electron chi connectivity index (χ3n) is 5.99. The smallest absolute Gasteiger partial charge is 0.265 e. The van der Waals surface area contributed by atoms with Gasteiger partial charge in [-0.15, -0.1) is 0 Å². The lowest BCUT2D eigenvalue weighted by Crippen LogP contribution is -2.38. The van der Waals surface area contributed by atoms with Crippen LogP contribution in [0.25, 0.3) is 6.08 Å². The van der Waals surface area contributed by atoms with Crippen molar-refractivity contribution < 1.29 is 13.2 Å². The third kappa shape index (κ3) is 5.91. The van der Waals surface area contributed by atoms with E-state index in [9.17, 15) is 13.2 Å². The van der Waals surface area contributed by atoms with E-state index in [1.807, 2.05) is 50.3 Å². The van der Waals surface area contributed by atoms with Crippen molar-refractivity contribution in [2.24, 2.45) is 4.99 Å². The van der Waals surface area contributed by atoms with Crippen molar-refractivity contribution >= 4 is 43.6 Å². The Balaban J connectivity index is 1.66. The number of hydrogen-bond donors (Lipinski definition) is 1. The first-order valence-electron chi connectivity index (χ1n) is 11.6. The van der Waals surface area contributed by atoms with Gasteiger partial charge in [0.25, 0.3) is 15.9 Å². The number of alkyl halides is 1. The quantitative estimate of drug-likeness (QED) is 0.323. The topological polar surface area (TPSA) is 98.4 Å². The summed E-state index contributed by atoms with van der Waals surface area (Å²) in [6, 6.07) is 9.80. The SMILES string of the molecule is C=C(C)/C(C)=C\C=C(/C)S(=O)(=O)n1cc(NC(=O)c2cnn(Cc3ccccc3)c2)c2c1=NCC(Br)C=2. The number of rotatable bonds is 8. The average molecular weight is 583 g/mol. The molecule has 1 amide bonds. The zero-order chi connectivity index (χ0) is 26.7. The van der Waals surface area contributed by atoms with E-state index in [2.05, 4.69) is 37.9 Å². The highest BCUT2D eigenvalue weighted by Gasteiger charge is 2.23. The van der Waals surface area contributed by atoms with Crippen LogP contribution in [0, 0.1) is 0 Å². The number of fused-ring (bicyclic) bond motifs is 1. The van der Waals surface area contributed by atoms with Gasteiger partial charge in [-0.25, -0.2) is 12.4 Å². The molecule has 1 atom stereocenters. The molecule has 8 nitrogen and oxygen atoms in total. The molecule has 0 fully saturated rings. The molecule has 0 radical (unpaired) electrons. The van der Waals surface area contributed by atoms with Crippen molar-refractivity contribution in [2.45, 2.75) is 32.1 Å². The van der Waals surface area contributed by atoms with Gasteiger partial charge in [0, 0.05) is 17.6 Å². The highest BCUT2D eigenvalue weighted by Crippen LogP contribution is 2.15. The Kier molecular flexibility index (Phi) is 7.79. The Morgan fingerprint density at radius 1 is 1.19 bits per heavy atom. The molecule has 1 aliphatic rings. The molecule has 1 unspecified atom stereocenters. The number of allylic oxidation sites excluding steroid dienone is 5. The van der Waals surface area contributed by atoms with Crippen LogP contribution < -0.4 is 16.0 Å². The first-order valence-corrected chi connectivity index (χ1v) is 14.0. The van der Waals surface area contributed by atoms with Gasteiger partial charge in [-0.05, 0) is 38.0 Å². The minimum atomic E-state index is -3.92. The van der Waals surface area contributed by atoms with Gasteiger partial charge < -0.3 is 5.32 Å². The van der Waals surface area contributed by atoms with Gasteiger partial charge in [0.1, 0.15) is 0 Å². The fourth-order valence-corrected chi connectivity index (χ4v) is 5.24. The third-order valence-corrected chi connectivity index (χ3v) is 8.29. The molecule has 1 aliphatic heterocycles. The highest BCUT2D eigenvalue weighted by molar-refractivity contribution is 9.09. The Morgan fingerprint density at radius 2 is 1.92 bits per heavy atom. The number of benzene rings is 1. The zero-order valence-corrected chi connectivity index (χ0v) is 23.3. The lowest BCUT2D eigenvalue weighted by molar-refractivity contribution is 0.102. The second kappa shape index (κ2) is 10.9. The van der Waals surface area contributed by atoms with Gasteiger partial charge in [-0.2, -0.15) is 5.10 Å². The molecule has 0 aliphatic carbocycles. The van der Waals surface area contributed by atoms with Crippen LogP contribution in [0.4, 0.5) is 5.69 Å². The van der Waals surface area contributed by atoms with E-state index in [-0.39, 0.29) is 15.2 Å². The number of halogens is 1. The standard InChI is InChI=1S/C27H28BrN5O3S/c1-18(2)19(3)10-11-20(4)37(35,36)33-17-25(24-12-23(28)14-29-26(24)33)31-27(34)22-13-30-32(16-22)15-21-8-6-5-7-9-21/h5-13,16-17,23H,1,14-15H2,2-4H3,(H,31,34)/b19-10-,20-11+. The fourth-order valence-electron chi connectivity index (χ4n) is 3.65. The molecule has 0 spiro atoms. The maximum atomic E-state index is 13.4. The van der Waals surface area contributed by atoms with Gasteiger partial charge in [0.2, 0.25) is 0 Å². The number of nitrogens with zero attached hydrogens (tertiary/aromatic N) is 4. The molecule has 0 saturated heterocycles. The first kappa shape index (κ1) is 26.6. The number of nitrogens with one attached hydrogen (secondary N) is 1. The molecule has 1 aromatic carbocycles.